The average molecular weight is 958 g/mol. The van der Waals surface area contributed by atoms with E-state index in [1.165, 1.54) is 132 Å². The second kappa shape index (κ2) is 15.2. The molecule has 2 aliphatic carbocycles. The average Bonchev–Trinajstić information content (AvgIpc) is 4.31. The van der Waals surface area contributed by atoms with Gasteiger partial charge in [-0.15, -0.1) is 0 Å². The standard InChI is InChI=1S/C72H51N3/c1-71(2)61-29-17-14-26-50(61)54-40-58-56-36-44(32-34-66(56)73(68(58)42-63(54)71)47-20-8-5-9-21-47)46-38-53(70-60(39-46)52-28-16-19-31-65(52)75(70)49-24-12-7-13-25-49)45-33-35-67-57(37-45)59-41-55-51-27-15-18-30-62(51)72(3,4)64(55)43-69(59)74(67)48-22-10-6-11-23-48/h5-43H,1-4H3. The third-order valence-electron chi connectivity index (χ3n) is 17.4. The predicted molar refractivity (Wildman–Crippen MR) is 315 cm³/mol. The monoisotopic (exact) mass is 957 g/mol. The Morgan fingerprint density at radius 2 is 0.653 bits per heavy atom. The van der Waals surface area contributed by atoms with E-state index in [1.54, 1.807) is 0 Å². The molecule has 3 heteroatoms. The molecule has 14 aromatic rings. The lowest BCUT2D eigenvalue weighted by molar-refractivity contribution is 0.661. The van der Waals surface area contributed by atoms with Gasteiger partial charge in [0.25, 0.3) is 0 Å². The maximum atomic E-state index is 2.49. The fraction of sp³-hybridized carbons (Fsp3) is 0.0833. The second-order valence-electron chi connectivity index (χ2n) is 22.1. The molecular weight excluding hydrogens is 907 g/mol. The Bertz CT molecular complexity index is 4730. The molecule has 0 unspecified atom stereocenters. The molecule has 0 atom stereocenters. The first-order chi connectivity index (χ1) is 36.7. The van der Waals surface area contributed by atoms with Gasteiger partial charge in [-0.2, -0.15) is 0 Å². The Hall–Kier alpha value is -9.18. The van der Waals surface area contributed by atoms with Crippen molar-refractivity contribution in [2.75, 3.05) is 0 Å². The molecule has 75 heavy (non-hydrogen) atoms. The molecule has 0 spiro atoms. The van der Waals surface area contributed by atoms with Crippen molar-refractivity contribution in [3.05, 3.63) is 259 Å². The van der Waals surface area contributed by atoms with Gasteiger partial charge in [0.1, 0.15) is 0 Å². The van der Waals surface area contributed by atoms with Gasteiger partial charge >= 0.3 is 0 Å². The Morgan fingerprint density at radius 1 is 0.240 bits per heavy atom. The van der Waals surface area contributed by atoms with E-state index in [4.69, 9.17) is 0 Å². The minimum absolute atomic E-state index is 0.115. The van der Waals surface area contributed by atoms with E-state index in [0.717, 1.165) is 17.1 Å². The summed E-state index contributed by atoms with van der Waals surface area (Å²) in [5, 5.41) is 7.48. The summed E-state index contributed by atoms with van der Waals surface area (Å²) in [6, 6.07) is 89.0. The van der Waals surface area contributed by atoms with E-state index in [2.05, 4.69) is 278 Å². The van der Waals surface area contributed by atoms with E-state index in [1.807, 2.05) is 0 Å². The van der Waals surface area contributed by atoms with Crippen molar-refractivity contribution in [1.82, 2.24) is 13.7 Å². The van der Waals surface area contributed by atoms with Crippen LogP contribution in [-0.4, -0.2) is 13.7 Å². The third kappa shape index (κ3) is 5.81. The molecule has 0 saturated heterocycles. The lowest BCUT2D eigenvalue weighted by Gasteiger charge is -2.21. The molecule has 0 N–H and O–H groups in total. The van der Waals surface area contributed by atoms with Gasteiger partial charge in [0.05, 0.1) is 33.1 Å². The van der Waals surface area contributed by atoms with E-state index in [0.29, 0.717) is 0 Å². The van der Waals surface area contributed by atoms with Crippen LogP contribution in [0.3, 0.4) is 0 Å². The fourth-order valence-corrected chi connectivity index (χ4v) is 13.8. The van der Waals surface area contributed by atoms with Crippen molar-refractivity contribution in [3.8, 4) is 61.6 Å². The number of fused-ring (bicyclic) bond motifs is 15. The van der Waals surface area contributed by atoms with Gasteiger partial charge < -0.3 is 13.7 Å². The summed E-state index contributed by atoms with van der Waals surface area (Å²) in [6.45, 7) is 9.52. The van der Waals surface area contributed by atoms with Crippen LogP contribution >= 0.6 is 0 Å². The molecule has 0 amide bonds. The quantitative estimate of drug-likeness (QED) is 0.163. The van der Waals surface area contributed by atoms with Crippen molar-refractivity contribution in [2.24, 2.45) is 0 Å². The van der Waals surface area contributed by atoms with Crippen LogP contribution in [0, 0.1) is 0 Å². The third-order valence-corrected chi connectivity index (χ3v) is 17.4. The van der Waals surface area contributed by atoms with Gasteiger partial charge in [-0.05, 0) is 164 Å². The van der Waals surface area contributed by atoms with Crippen LogP contribution in [0.1, 0.15) is 49.9 Å². The zero-order chi connectivity index (χ0) is 49.9. The predicted octanol–water partition coefficient (Wildman–Crippen LogP) is 18.9. The van der Waals surface area contributed by atoms with Crippen LogP contribution in [0.25, 0.3) is 127 Å². The minimum atomic E-state index is -0.123. The Balaban J connectivity index is 0.985. The highest BCUT2D eigenvalue weighted by Gasteiger charge is 2.38. The van der Waals surface area contributed by atoms with E-state index >= 15 is 0 Å². The molecule has 0 aliphatic heterocycles. The summed E-state index contributed by atoms with van der Waals surface area (Å²) in [7, 11) is 0. The van der Waals surface area contributed by atoms with Gasteiger partial charge in [-0.25, -0.2) is 0 Å². The molecule has 0 radical (unpaired) electrons. The van der Waals surface area contributed by atoms with Gasteiger partial charge in [-0.1, -0.05) is 161 Å². The first kappa shape index (κ1) is 42.3. The summed E-state index contributed by atoms with van der Waals surface area (Å²) in [6.07, 6.45) is 0. The van der Waals surface area contributed by atoms with Crippen LogP contribution in [0.4, 0.5) is 0 Å². The summed E-state index contributed by atoms with van der Waals surface area (Å²) in [5.41, 5.74) is 26.1. The van der Waals surface area contributed by atoms with Crippen molar-refractivity contribution < 1.29 is 0 Å². The number of para-hydroxylation sites is 4. The molecule has 11 aromatic carbocycles. The summed E-state index contributed by atoms with van der Waals surface area (Å²) >= 11 is 0. The minimum Gasteiger partial charge on any atom is -0.309 e. The molecular formula is C72H51N3. The summed E-state index contributed by atoms with van der Waals surface area (Å²) < 4.78 is 7.45. The maximum absolute atomic E-state index is 2.49. The highest BCUT2D eigenvalue weighted by atomic mass is 15.0. The summed E-state index contributed by atoms with van der Waals surface area (Å²) in [4.78, 5) is 0. The zero-order valence-corrected chi connectivity index (χ0v) is 42.4. The number of hydrogen-bond acceptors (Lipinski definition) is 0. The number of hydrogen-bond donors (Lipinski definition) is 0. The molecule has 2 aliphatic rings. The van der Waals surface area contributed by atoms with Crippen molar-refractivity contribution >= 4 is 65.4 Å². The number of rotatable bonds is 5. The van der Waals surface area contributed by atoms with Crippen molar-refractivity contribution in [3.63, 3.8) is 0 Å². The van der Waals surface area contributed by atoms with Gasteiger partial charge in [0.15, 0.2) is 0 Å². The first-order valence-electron chi connectivity index (χ1n) is 26.4. The molecule has 354 valence electrons. The van der Waals surface area contributed by atoms with Gasteiger partial charge in [-0.3, -0.25) is 0 Å². The maximum Gasteiger partial charge on any atom is 0.0619 e. The molecule has 3 aromatic heterocycles. The lowest BCUT2D eigenvalue weighted by Crippen LogP contribution is -2.14. The highest BCUT2D eigenvalue weighted by Crippen LogP contribution is 2.53. The molecule has 0 fully saturated rings. The van der Waals surface area contributed by atoms with Gasteiger partial charge in [0.2, 0.25) is 0 Å². The van der Waals surface area contributed by atoms with Crippen LogP contribution in [0.2, 0.25) is 0 Å². The lowest BCUT2D eigenvalue weighted by atomic mass is 9.82. The smallest absolute Gasteiger partial charge is 0.0619 e. The van der Waals surface area contributed by atoms with Crippen LogP contribution in [0.5, 0.6) is 0 Å². The summed E-state index contributed by atoms with van der Waals surface area (Å²) in [5.74, 6) is 0. The van der Waals surface area contributed by atoms with Crippen LogP contribution in [0.15, 0.2) is 237 Å². The zero-order valence-electron chi connectivity index (χ0n) is 42.4. The van der Waals surface area contributed by atoms with Crippen LogP contribution < -0.4 is 0 Å². The molecule has 3 nitrogen and oxygen atoms in total. The second-order valence-corrected chi connectivity index (χ2v) is 22.1. The fourth-order valence-electron chi connectivity index (χ4n) is 13.8. The highest BCUT2D eigenvalue weighted by molar-refractivity contribution is 6.18. The molecule has 3 heterocycles. The Morgan fingerprint density at radius 3 is 1.20 bits per heavy atom. The van der Waals surface area contributed by atoms with Crippen molar-refractivity contribution in [2.45, 2.75) is 38.5 Å². The SMILES string of the molecule is CC1(C)c2ccccc2-c2cc3c4cc(-c5cc(-c6ccc7c(c6)c6cc8c(cc6n7-c6ccccc6)C(C)(C)c6ccccc6-8)c6c(c5)c5ccccc5n6-c5ccccc5)ccc4n(-c4ccccc4)c3cc21. The largest absolute Gasteiger partial charge is 0.309 e. The van der Waals surface area contributed by atoms with Crippen molar-refractivity contribution in [1.29, 1.82) is 0 Å². The number of nitrogens with zero attached hydrogens (tertiary/aromatic N) is 3. The molecule has 16 rings (SSSR count). The topological polar surface area (TPSA) is 14.8 Å². The number of aromatic nitrogens is 3. The Kier molecular flexibility index (Phi) is 8.58. The van der Waals surface area contributed by atoms with E-state index in [9.17, 15) is 0 Å². The molecule has 0 saturated carbocycles. The first-order valence-corrected chi connectivity index (χ1v) is 26.4. The van der Waals surface area contributed by atoms with Crippen LogP contribution in [-0.2, 0) is 10.8 Å². The van der Waals surface area contributed by atoms with E-state index in [-0.39, 0.29) is 10.8 Å². The Labute approximate surface area is 435 Å². The van der Waals surface area contributed by atoms with Gasteiger partial charge in [0, 0.05) is 65.8 Å². The number of benzene rings is 11. The normalized spacial score (nSPS) is 14.1. The van der Waals surface area contributed by atoms with E-state index < -0.39 is 0 Å². The molecule has 0 bridgehead atoms.